The van der Waals surface area contributed by atoms with E-state index in [-0.39, 0.29) is 17.7 Å². The summed E-state index contributed by atoms with van der Waals surface area (Å²) < 4.78 is 5.36. The molecule has 2 saturated heterocycles. The van der Waals surface area contributed by atoms with Crippen LogP contribution >= 0.6 is 0 Å². The Hall–Kier alpha value is -1.89. The van der Waals surface area contributed by atoms with E-state index in [9.17, 15) is 9.59 Å². The summed E-state index contributed by atoms with van der Waals surface area (Å²) in [6, 6.07) is 0.347. The summed E-state index contributed by atoms with van der Waals surface area (Å²) in [7, 11) is 0. The van der Waals surface area contributed by atoms with Crippen molar-refractivity contribution in [1.29, 1.82) is 0 Å². The molecular formula is C20H32N4O3. The van der Waals surface area contributed by atoms with Crippen molar-refractivity contribution in [2.45, 2.75) is 58.9 Å². The zero-order chi connectivity index (χ0) is 19.6. The summed E-state index contributed by atoms with van der Waals surface area (Å²) in [6.45, 7) is 12.0. The average Bonchev–Trinajstić information content (AvgIpc) is 3.04. The highest BCUT2D eigenvalue weighted by molar-refractivity contribution is 5.96. The molecule has 0 spiro atoms. The molecule has 7 nitrogen and oxygen atoms in total. The highest BCUT2D eigenvalue weighted by Gasteiger charge is 2.30. The largest absolute Gasteiger partial charge is 0.360 e. The van der Waals surface area contributed by atoms with Crippen LogP contribution in [0.4, 0.5) is 0 Å². The minimum atomic E-state index is -0.00641. The van der Waals surface area contributed by atoms with Crippen LogP contribution in [0, 0.1) is 6.92 Å². The van der Waals surface area contributed by atoms with Crippen molar-refractivity contribution in [2.24, 2.45) is 0 Å². The molecule has 0 unspecified atom stereocenters. The number of aryl methyl sites for hydroxylation is 1. The highest BCUT2D eigenvalue weighted by atomic mass is 16.5. The molecule has 0 saturated carbocycles. The number of hydrogen-bond donors (Lipinski definition) is 0. The van der Waals surface area contributed by atoms with Gasteiger partial charge in [0, 0.05) is 44.7 Å². The van der Waals surface area contributed by atoms with Crippen LogP contribution in [0.5, 0.6) is 0 Å². The Morgan fingerprint density at radius 3 is 2.48 bits per heavy atom. The first-order valence-electron chi connectivity index (χ1n) is 10.2. The number of aromatic nitrogens is 1. The first kappa shape index (κ1) is 19.9. The van der Waals surface area contributed by atoms with Crippen LogP contribution < -0.4 is 0 Å². The number of piperidine rings is 1. The van der Waals surface area contributed by atoms with Crippen molar-refractivity contribution >= 4 is 11.8 Å². The fraction of sp³-hybridized carbons (Fsp3) is 0.750. The SMILES string of the molecule is Cc1noc(C(C)C)c1C(=O)N1CCN(CC(=O)N2CCCC[C@H]2C)CC1. The number of hydrogen-bond acceptors (Lipinski definition) is 5. The number of piperazine rings is 1. The van der Waals surface area contributed by atoms with E-state index in [4.69, 9.17) is 4.52 Å². The molecule has 0 aliphatic carbocycles. The molecule has 1 aromatic rings. The maximum atomic E-state index is 13.0. The van der Waals surface area contributed by atoms with Crippen molar-refractivity contribution in [2.75, 3.05) is 39.3 Å². The third-order valence-electron chi connectivity index (χ3n) is 5.77. The molecule has 27 heavy (non-hydrogen) atoms. The fourth-order valence-corrected chi connectivity index (χ4v) is 4.06. The van der Waals surface area contributed by atoms with Crippen LogP contribution in [-0.4, -0.2) is 77.0 Å². The van der Waals surface area contributed by atoms with Gasteiger partial charge in [0.15, 0.2) is 5.76 Å². The van der Waals surface area contributed by atoms with Crippen molar-refractivity contribution < 1.29 is 14.1 Å². The smallest absolute Gasteiger partial charge is 0.259 e. The van der Waals surface area contributed by atoms with E-state index in [0.717, 1.165) is 32.5 Å². The third kappa shape index (κ3) is 4.34. The summed E-state index contributed by atoms with van der Waals surface area (Å²) in [6.07, 6.45) is 3.42. The molecule has 3 rings (SSSR count). The summed E-state index contributed by atoms with van der Waals surface area (Å²) >= 11 is 0. The van der Waals surface area contributed by atoms with Crippen LogP contribution in [0.1, 0.15) is 67.8 Å². The normalized spacial score (nSPS) is 21.7. The van der Waals surface area contributed by atoms with E-state index in [1.54, 1.807) is 0 Å². The van der Waals surface area contributed by atoms with Gasteiger partial charge in [0.05, 0.1) is 12.2 Å². The molecule has 1 aromatic heterocycles. The summed E-state index contributed by atoms with van der Waals surface area (Å²) in [5.74, 6) is 0.997. The molecule has 2 aliphatic rings. The molecule has 2 amide bonds. The number of carbonyl (C=O) groups is 2. The first-order chi connectivity index (χ1) is 12.9. The lowest BCUT2D eigenvalue weighted by Crippen LogP contribution is -2.53. The van der Waals surface area contributed by atoms with Crippen LogP contribution in [0.2, 0.25) is 0 Å². The van der Waals surface area contributed by atoms with Gasteiger partial charge >= 0.3 is 0 Å². The molecule has 0 aromatic carbocycles. The van der Waals surface area contributed by atoms with Gasteiger partial charge in [0.2, 0.25) is 5.91 Å². The van der Waals surface area contributed by atoms with Crippen molar-refractivity contribution in [1.82, 2.24) is 19.9 Å². The standard InChI is InChI=1S/C20H32N4O3/c1-14(2)19-18(16(4)21-27-19)20(26)23-11-9-22(10-12-23)13-17(25)24-8-6-5-7-15(24)3/h14-15H,5-13H2,1-4H3/t15-/m1/s1. The second-order valence-electron chi connectivity index (χ2n) is 8.16. The van der Waals surface area contributed by atoms with Gasteiger partial charge in [-0.05, 0) is 33.1 Å². The van der Waals surface area contributed by atoms with E-state index < -0.39 is 0 Å². The lowest BCUT2D eigenvalue weighted by molar-refractivity contribution is -0.136. The molecule has 2 fully saturated rings. The Labute approximate surface area is 161 Å². The molecule has 150 valence electrons. The molecule has 0 N–H and O–H groups in total. The lowest BCUT2D eigenvalue weighted by Gasteiger charge is -2.38. The van der Waals surface area contributed by atoms with E-state index in [0.29, 0.717) is 42.7 Å². The Morgan fingerprint density at radius 1 is 1.15 bits per heavy atom. The van der Waals surface area contributed by atoms with Gasteiger partial charge in [-0.1, -0.05) is 19.0 Å². The van der Waals surface area contributed by atoms with E-state index in [1.807, 2.05) is 30.6 Å². The third-order valence-corrected chi connectivity index (χ3v) is 5.77. The van der Waals surface area contributed by atoms with Gasteiger partial charge < -0.3 is 14.3 Å². The van der Waals surface area contributed by atoms with E-state index in [2.05, 4.69) is 17.0 Å². The van der Waals surface area contributed by atoms with Crippen LogP contribution in [0.25, 0.3) is 0 Å². The molecule has 0 radical (unpaired) electrons. The Bertz CT molecular complexity index is 677. The molecule has 1 atom stereocenters. The van der Waals surface area contributed by atoms with E-state index in [1.165, 1.54) is 6.42 Å². The van der Waals surface area contributed by atoms with Gasteiger partial charge in [0.25, 0.3) is 5.91 Å². The fourth-order valence-electron chi connectivity index (χ4n) is 4.06. The van der Waals surface area contributed by atoms with E-state index >= 15 is 0 Å². The van der Waals surface area contributed by atoms with Crippen molar-refractivity contribution in [3.63, 3.8) is 0 Å². The van der Waals surface area contributed by atoms with Gasteiger partial charge in [-0.15, -0.1) is 0 Å². The predicted octanol–water partition coefficient (Wildman–Crippen LogP) is 2.27. The Morgan fingerprint density at radius 2 is 1.85 bits per heavy atom. The van der Waals surface area contributed by atoms with Gasteiger partial charge in [-0.3, -0.25) is 14.5 Å². The number of nitrogens with zero attached hydrogens (tertiary/aromatic N) is 4. The predicted molar refractivity (Wildman–Crippen MR) is 103 cm³/mol. The summed E-state index contributed by atoms with van der Waals surface area (Å²) in [4.78, 5) is 31.6. The molecule has 2 aliphatic heterocycles. The summed E-state index contributed by atoms with van der Waals surface area (Å²) in [5, 5.41) is 3.98. The van der Waals surface area contributed by atoms with Gasteiger partial charge in [-0.25, -0.2) is 0 Å². The Kier molecular flexibility index (Phi) is 6.19. The van der Waals surface area contributed by atoms with Gasteiger partial charge in [0.1, 0.15) is 5.56 Å². The number of likely N-dealkylation sites (tertiary alicyclic amines) is 1. The molecule has 7 heteroatoms. The second kappa shape index (κ2) is 8.42. The summed E-state index contributed by atoms with van der Waals surface area (Å²) in [5.41, 5.74) is 1.26. The number of amides is 2. The second-order valence-corrected chi connectivity index (χ2v) is 8.16. The van der Waals surface area contributed by atoms with Gasteiger partial charge in [-0.2, -0.15) is 0 Å². The van der Waals surface area contributed by atoms with Crippen molar-refractivity contribution in [3.8, 4) is 0 Å². The zero-order valence-electron chi connectivity index (χ0n) is 17.0. The quantitative estimate of drug-likeness (QED) is 0.806. The molecular weight excluding hydrogens is 344 g/mol. The van der Waals surface area contributed by atoms with Crippen LogP contribution in [0.3, 0.4) is 0 Å². The van der Waals surface area contributed by atoms with Crippen LogP contribution in [-0.2, 0) is 4.79 Å². The maximum absolute atomic E-state index is 13.0. The number of rotatable bonds is 4. The maximum Gasteiger partial charge on any atom is 0.259 e. The monoisotopic (exact) mass is 376 g/mol. The first-order valence-corrected chi connectivity index (χ1v) is 10.2. The lowest BCUT2D eigenvalue weighted by atomic mass is 10.0. The average molecular weight is 377 g/mol. The number of carbonyl (C=O) groups excluding carboxylic acids is 2. The molecule has 3 heterocycles. The topological polar surface area (TPSA) is 69.9 Å². The minimum absolute atomic E-state index is 0.00641. The van der Waals surface area contributed by atoms with Crippen molar-refractivity contribution in [3.05, 3.63) is 17.0 Å². The molecule has 0 bridgehead atoms. The van der Waals surface area contributed by atoms with Crippen LogP contribution in [0.15, 0.2) is 4.52 Å². The minimum Gasteiger partial charge on any atom is -0.360 e. The highest BCUT2D eigenvalue weighted by Crippen LogP contribution is 2.24. The Balaban J connectivity index is 1.55. The zero-order valence-corrected chi connectivity index (χ0v) is 17.0.